The first-order valence-electron chi connectivity index (χ1n) is 20.1. The molecule has 4 amide bonds. The van der Waals surface area contributed by atoms with Crippen molar-refractivity contribution in [2.24, 2.45) is 0 Å². The molecule has 1 fully saturated rings. The van der Waals surface area contributed by atoms with Gasteiger partial charge in [0.25, 0.3) is 0 Å². The van der Waals surface area contributed by atoms with E-state index < -0.39 is 65.0 Å². The van der Waals surface area contributed by atoms with Crippen LogP contribution in [0.4, 0.5) is 4.79 Å². The summed E-state index contributed by atoms with van der Waals surface area (Å²) in [5.41, 5.74) is -0.413. The first kappa shape index (κ1) is 45.8. The number of benzene rings is 3. The number of ether oxygens (including phenoxy) is 4. The first-order valence-corrected chi connectivity index (χ1v) is 20.1. The topological polar surface area (TPSA) is 179 Å². The van der Waals surface area contributed by atoms with Gasteiger partial charge in [-0.2, -0.15) is 0 Å². The number of nitrogens with zero attached hydrogens (tertiary/aromatic N) is 1. The second-order valence-corrected chi connectivity index (χ2v) is 15.7. The van der Waals surface area contributed by atoms with Gasteiger partial charge in [-0.25, -0.2) is 14.4 Å². The molecule has 14 heteroatoms. The molecule has 0 saturated carbocycles. The van der Waals surface area contributed by atoms with E-state index >= 15 is 0 Å². The summed E-state index contributed by atoms with van der Waals surface area (Å²) in [6.07, 6.45) is 1.30. The molecule has 0 unspecified atom stereocenters. The van der Waals surface area contributed by atoms with E-state index in [2.05, 4.69) is 16.0 Å². The van der Waals surface area contributed by atoms with E-state index in [4.69, 9.17) is 18.9 Å². The summed E-state index contributed by atoms with van der Waals surface area (Å²) in [6.45, 7) is 8.80. The van der Waals surface area contributed by atoms with Crippen LogP contribution in [0.1, 0.15) is 94.6 Å². The van der Waals surface area contributed by atoms with Gasteiger partial charge < -0.3 is 39.8 Å². The molecule has 1 saturated heterocycles. The van der Waals surface area contributed by atoms with E-state index in [1.54, 1.807) is 96.3 Å². The highest BCUT2D eigenvalue weighted by atomic mass is 16.6. The number of carbonyl (C=O) groups excluding carboxylic acids is 6. The zero-order valence-corrected chi connectivity index (χ0v) is 34.9. The molecule has 0 bridgehead atoms. The SMILES string of the molecule is CC[C@](C)(NC(=O)[C@H](CCCCOC(=O)c1ccccc1)NC(=O)OC(C)(C)C)C(=O)N[C@@H](Cc1ccc(OC)cc1)C(=O)N1CCC[C@@H]1C(=O)OCc1ccccc1. The fourth-order valence-corrected chi connectivity index (χ4v) is 6.47. The van der Waals surface area contributed by atoms with Gasteiger partial charge in [-0.1, -0.05) is 67.6 Å². The molecule has 4 rings (SSSR count). The number of alkyl carbamates (subject to hydrolysis) is 1. The predicted molar refractivity (Wildman–Crippen MR) is 220 cm³/mol. The van der Waals surface area contributed by atoms with Crippen molar-refractivity contribution < 1.29 is 47.7 Å². The van der Waals surface area contributed by atoms with Crippen LogP contribution >= 0.6 is 0 Å². The molecule has 4 atom stereocenters. The Morgan fingerprint density at radius 2 is 1.46 bits per heavy atom. The molecule has 3 aromatic rings. The summed E-state index contributed by atoms with van der Waals surface area (Å²) in [5.74, 6) is -2.12. The van der Waals surface area contributed by atoms with Crippen molar-refractivity contribution in [3.8, 4) is 5.75 Å². The average molecular weight is 815 g/mol. The van der Waals surface area contributed by atoms with E-state index in [1.165, 1.54) is 4.90 Å². The minimum Gasteiger partial charge on any atom is -0.497 e. The molecule has 0 aromatic heterocycles. The molecule has 3 N–H and O–H groups in total. The van der Waals surface area contributed by atoms with Gasteiger partial charge in [0.15, 0.2) is 0 Å². The Hall–Kier alpha value is -5.92. The number of hydrogen-bond donors (Lipinski definition) is 3. The number of amides is 4. The normalized spacial score (nSPS) is 15.8. The van der Waals surface area contributed by atoms with Crippen LogP contribution < -0.4 is 20.7 Å². The molecule has 3 aromatic carbocycles. The number of nitrogens with one attached hydrogen (secondary N) is 3. The van der Waals surface area contributed by atoms with E-state index in [0.717, 1.165) is 11.1 Å². The van der Waals surface area contributed by atoms with Crippen LogP contribution in [0.2, 0.25) is 0 Å². The summed E-state index contributed by atoms with van der Waals surface area (Å²) in [6, 6.07) is 21.8. The van der Waals surface area contributed by atoms with Gasteiger partial charge in [0.05, 0.1) is 19.3 Å². The van der Waals surface area contributed by atoms with Crippen LogP contribution in [0, 0.1) is 0 Å². The van der Waals surface area contributed by atoms with Crippen molar-refractivity contribution in [1.29, 1.82) is 0 Å². The van der Waals surface area contributed by atoms with Crippen LogP contribution in [-0.4, -0.2) is 90.2 Å². The first-order chi connectivity index (χ1) is 28.1. The van der Waals surface area contributed by atoms with Crippen LogP contribution in [0.15, 0.2) is 84.9 Å². The van der Waals surface area contributed by atoms with Crippen molar-refractivity contribution >= 4 is 35.8 Å². The second-order valence-electron chi connectivity index (χ2n) is 15.7. The highest BCUT2D eigenvalue weighted by Gasteiger charge is 2.42. The van der Waals surface area contributed by atoms with Gasteiger partial charge >= 0.3 is 18.0 Å². The Bertz CT molecular complexity index is 1870. The van der Waals surface area contributed by atoms with E-state index in [-0.39, 0.29) is 32.5 Å². The maximum atomic E-state index is 14.4. The Balaban J connectivity index is 1.48. The van der Waals surface area contributed by atoms with Crippen LogP contribution in [-0.2, 0) is 46.4 Å². The van der Waals surface area contributed by atoms with Crippen molar-refractivity contribution in [1.82, 2.24) is 20.9 Å². The van der Waals surface area contributed by atoms with Gasteiger partial charge in [-0.05, 0) is 102 Å². The molecule has 1 aliphatic heterocycles. The molecule has 0 radical (unpaired) electrons. The van der Waals surface area contributed by atoms with Crippen LogP contribution in [0.25, 0.3) is 0 Å². The number of methoxy groups -OCH3 is 1. The second kappa shape index (κ2) is 21.7. The third-order valence-electron chi connectivity index (χ3n) is 9.98. The average Bonchev–Trinajstić information content (AvgIpc) is 3.72. The minimum absolute atomic E-state index is 0.0598. The summed E-state index contributed by atoms with van der Waals surface area (Å²) >= 11 is 0. The van der Waals surface area contributed by atoms with Gasteiger partial charge in [0.1, 0.15) is 41.6 Å². The number of esters is 2. The standard InChI is InChI=1S/C45H58N4O10/c1-7-45(5,48-38(50)35(47-43(55)59-44(2,3)4)21-14-15-28-57-40(52)33-19-12-9-13-20-33)42(54)46-36(29-31-23-25-34(56-6)26-24-31)39(51)49-27-16-22-37(49)41(53)58-30-32-17-10-8-11-18-32/h8-13,17-20,23-26,35-37H,7,14-16,21-22,27-30H2,1-6H3,(H,46,54)(H,47,55)(H,48,50)/t35-,36-,37+,45-/m0/s1. The van der Waals surface area contributed by atoms with Crippen LogP contribution in [0.3, 0.4) is 0 Å². The van der Waals surface area contributed by atoms with E-state index in [0.29, 0.717) is 43.5 Å². The molecule has 0 aliphatic carbocycles. The number of hydrogen-bond acceptors (Lipinski definition) is 10. The Morgan fingerprint density at radius 3 is 2.08 bits per heavy atom. The zero-order chi connectivity index (χ0) is 43.0. The Kier molecular flexibility index (Phi) is 16.9. The predicted octanol–water partition coefficient (Wildman–Crippen LogP) is 5.66. The van der Waals surface area contributed by atoms with Crippen molar-refractivity contribution in [3.63, 3.8) is 0 Å². The molecule has 318 valence electrons. The summed E-state index contributed by atoms with van der Waals surface area (Å²) in [5, 5.41) is 8.34. The minimum atomic E-state index is -1.53. The lowest BCUT2D eigenvalue weighted by Crippen LogP contribution is -2.63. The molecular formula is C45H58N4O10. The van der Waals surface area contributed by atoms with Gasteiger partial charge in [0.2, 0.25) is 17.7 Å². The molecule has 59 heavy (non-hydrogen) atoms. The lowest BCUT2D eigenvalue weighted by atomic mass is 9.94. The maximum Gasteiger partial charge on any atom is 0.408 e. The van der Waals surface area contributed by atoms with E-state index in [1.807, 2.05) is 30.3 Å². The largest absolute Gasteiger partial charge is 0.497 e. The van der Waals surface area contributed by atoms with Gasteiger partial charge in [-0.3, -0.25) is 14.4 Å². The lowest BCUT2D eigenvalue weighted by molar-refractivity contribution is -0.155. The van der Waals surface area contributed by atoms with Crippen molar-refractivity contribution in [2.45, 2.75) is 115 Å². The molecule has 14 nitrogen and oxygen atoms in total. The Morgan fingerprint density at radius 1 is 0.797 bits per heavy atom. The fourth-order valence-electron chi connectivity index (χ4n) is 6.47. The summed E-state index contributed by atoms with van der Waals surface area (Å²) in [7, 11) is 1.54. The monoisotopic (exact) mass is 814 g/mol. The molecule has 1 aliphatic rings. The molecule has 1 heterocycles. The van der Waals surface area contributed by atoms with Gasteiger partial charge in [-0.15, -0.1) is 0 Å². The Labute approximate surface area is 346 Å². The lowest BCUT2D eigenvalue weighted by Gasteiger charge is -2.34. The maximum absolute atomic E-state index is 14.4. The fraction of sp³-hybridized carbons (Fsp3) is 0.467. The summed E-state index contributed by atoms with van der Waals surface area (Å²) in [4.78, 5) is 82.6. The quantitative estimate of drug-likeness (QED) is 0.0777. The number of unbranched alkanes of at least 4 members (excludes halogenated alkanes) is 1. The van der Waals surface area contributed by atoms with E-state index in [9.17, 15) is 28.8 Å². The third-order valence-corrected chi connectivity index (χ3v) is 9.98. The van der Waals surface area contributed by atoms with Crippen molar-refractivity contribution in [2.75, 3.05) is 20.3 Å². The highest BCUT2D eigenvalue weighted by Crippen LogP contribution is 2.23. The highest BCUT2D eigenvalue weighted by molar-refractivity contribution is 5.97. The number of likely N-dealkylation sites (tertiary alicyclic amines) is 1. The molecule has 0 spiro atoms. The third kappa shape index (κ3) is 14.1. The van der Waals surface area contributed by atoms with Crippen LogP contribution in [0.5, 0.6) is 5.75 Å². The van der Waals surface area contributed by atoms with Gasteiger partial charge in [0, 0.05) is 13.0 Å². The number of carbonyl (C=O) groups is 6. The smallest absolute Gasteiger partial charge is 0.408 e. The van der Waals surface area contributed by atoms with Crippen molar-refractivity contribution in [3.05, 3.63) is 102 Å². The number of rotatable bonds is 19. The molecular weight excluding hydrogens is 757 g/mol. The summed E-state index contributed by atoms with van der Waals surface area (Å²) < 4.78 is 21.7. The zero-order valence-electron chi connectivity index (χ0n) is 34.9.